The van der Waals surface area contributed by atoms with E-state index in [9.17, 15) is 4.79 Å². The van der Waals surface area contributed by atoms with Crippen LogP contribution in [0.15, 0.2) is 40.9 Å². The Morgan fingerprint density at radius 2 is 2.14 bits per heavy atom. The number of benzene rings is 1. The SMILES string of the molecule is CC(C1CC1)n1nccc1NC(=O)CN1CCCC(c2nc3ccccc3o2)C1. The van der Waals surface area contributed by atoms with E-state index in [-0.39, 0.29) is 11.8 Å². The first-order valence-electron chi connectivity index (χ1n) is 10.6. The lowest BCUT2D eigenvalue weighted by molar-refractivity contribution is -0.117. The van der Waals surface area contributed by atoms with Crippen LogP contribution >= 0.6 is 0 Å². The molecule has 2 atom stereocenters. The number of likely N-dealkylation sites (tertiary alicyclic amines) is 1. The summed E-state index contributed by atoms with van der Waals surface area (Å²) in [6.45, 7) is 4.26. The Labute approximate surface area is 170 Å². The van der Waals surface area contributed by atoms with Crippen LogP contribution in [0.4, 0.5) is 5.82 Å². The Hall–Kier alpha value is -2.67. The highest BCUT2D eigenvalue weighted by atomic mass is 16.3. The molecule has 7 nitrogen and oxygen atoms in total. The van der Waals surface area contributed by atoms with Crippen molar-refractivity contribution in [2.45, 2.75) is 44.6 Å². The summed E-state index contributed by atoms with van der Waals surface area (Å²) in [5.41, 5.74) is 1.73. The van der Waals surface area contributed by atoms with E-state index in [4.69, 9.17) is 4.42 Å². The Morgan fingerprint density at radius 1 is 1.28 bits per heavy atom. The minimum Gasteiger partial charge on any atom is -0.440 e. The molecule has 0 radical (unpaired) electrons. The molecule has 2 aromatic heterocycles. The molecule has 29 heavy (non-hydrogen) atoms. The van der Waals surface area contributed by atoms with Gasteiger partial charge in [0, 0.05) is 18.5 Å². The van der Waals surface area contributed by atoms with E-state index in [2.05, 4.69) is 27.2 Å². The monoisotopic (exact) mass is 393 g/mol. The molecule has 0 bridgehead atoms. The smallest absolute Gasteiger partial charge is 0.239 e. The summed E-state index contributed by atoms with van der Waals surface area (Å²) < 4.78 is 7.92. The number of anilines is 1. The molecular formula is C22H27N5O2. The largest absolute Gasteiger partial charge is 0.440 e. The van der Waals surface area contributed by atoms with Gasteiger partial charge in [0.25, 0.3) is 0 Å². The zero-order valence-electron chi connectivity index (χ0n) is 16.8. The number of oxazole rings is 1. The highest BCUT2D eigenvalue weighted by molar-refractivity contribution is 5.91. The molecule has 1 aliphatic carbocycles. The summed E-state index contributed by atoms with van der Waals surface area (Å²) in [5, 5.41) is 7.48. The van der Waals surface area contributed by atoms with Gasteiger partial charge in [0.1, 0.15) is 11.3 Å². The first kappa shape index (κ1) is 18.4. The third kappa shape index (κ3) is 3.92. The third-order valence-electron chi connectivity index (χ3n) is 6.16. The van der Waals surface area contributed by atoms with E-state index in [1.54, 1.807) is 6.20 Å². The molecular weight excluding hydrogens is 366 g/mol. The van der Waals surface area contributed by atoms with Gasteiger partial charge in [0.05, 0.1) is 18.8 Å². The maximum Gasteiger partial charge on any atom is 0.239 e. The Bertz CT molecular complexity index is 972. The minimum atomic E-state index is 0.00737. The number of para-hydroxylation sites is 2. The average molecular weight is 393 g/mol. The lowest BCUT2D eigenvalue weighted by Gasteiger charge is -2.30. The fourth-order valence-electron chi connectivity index (χ4n) is 4.37. The minimum absolute atomic E-state index is 0.00737. The highest BCUT2D eigenvalue weighted by Crippen LogP contribution is 2.40. The van der Waals surface area contributed by atoms with Gasteiger partial charge < -0.3 is 9.73 Å². The summed E-state index contributed by atoms with van der Waals surface area (Å²) in [4.78, 5) is 19.5. The molecule has 3 aromatic rings. The Kier molecular flexibility index (Phi) is 4.83. The van der Waals surface area contributed by atoms with Crippen molar-refractivity contribution in [2.75, 3.05) is 25.0 Å². The van der Waals surface area contributed by atoms with Crippen LogP contribution in [-0.2, 0) is 4.79 Å². The molecule has 2 aliphatic rings. The molecule has 1 aromatic carbocycles. The number of fused-ring (bicyclic) bond motifs is 1. The molecule has 2 fully saturated rings. The molecule has 3 heterocycles. The molecule has 1 aliphatic heterocycles. The van der Waals surface area contributed by atoms with Gasteiger partial charge in [-0.05, 0) is 57.2 Å². The van der Waals surface area contributed by atoms with Crippen molar-refractivity contribution in [3.05, 3.63) is 42.4 Å². The number of carbonyl (C=O) groups excluding carboxylic acids is 1. The quantitative estimate of drug-likeness (QED) is 0.689. The summed E-state index contributed by atoms with van der Waals surface area (Å²) in [5.74, 6) is 2.50. The fourth-order valence-corrected chi connectivity index (χ4v) is 4.37. The van der Waals surface area contributed by atoms with Crippen LogP contribution in [0.25, 0.3) is 11.1 Å². The van der Waals surface area contributed by atoms with Crippen molar-refractivity contribution in [3.63, 3.8) is 0 Å². The zero-order valence-corrected chi connectivity index (χ0v) is 16.8. The summed E-state index contributed by atoms with van der Waals surface area (Å²) >= 11 is 0. The van der Waals surface area contributed by atoms with Crippen LogP contribution in [0.2, 0.25) is 0 Å². The topological polar surface area (TPSA) is 76.2 Å². The standard InChI is InChI=1S/C22H27N5O2/c1-15(16-8-9-16)27-20(10-11-23-27)25-21(28)14-26-12-4-5-17(13-26)22-24-18-6-2-3-7-19(18)29-22/h2-3,6-7,10-11,15-17H,4-5,8-9,12-14H2,1H3,(H,25,28). The normalized spacial score (nSPS) is 21.3. The summed E-state index contributed by atoms with van der Waals surface area (Å²) in [6.07, 6.45) is 6.33. The van der Waals surface area contributed by atoms with Gasteiger partial charge in [-0.3, -0.25) is 9.69 Å². The molecule has 7 heteroatoms. The van der Waals surface area contributed by atoms with Gasteiger partial charge in [-0.2, -0.15) is 5.10 Å². The van der Waals surface area contributed by atoms with E-state index in [0.29, 0.717) is 18.5 Å². The number of carbonyl (C=O) groups is 1. The number of hydrogen-bond acceptors (Lipinski definition) is 5. The van der Waals surface area contributed by atoms with Gasteiger partial charge in [-0.1, -0.05) is 12.1 Å². The average Bonchev–Trinajstić information content (AvgIpc) is 3.32. The first-order valence-corrected chi connectivity index (χ1v) is 10.6. The Balaban J connectivity index is 1.21. The number of nitrogens with zero attached hydrogens (tertiary/aromatic N) is 4. The maximum atomic E-state index is 12.7. The van der Waals surface area contributed by atoms with Gasteiger partial charge in [0.15, 0.2) is 11.5 Å². The molecule has 0 spiro atoms. The van der Waals surface area contributed by atoms with E-state index < -0.39 is 0 Å². The van der Waals surface area contributed by atoms with Crippen LogP contribution in [0.1, 0.15) is 50.5 Å². The zero-order chi connectivity index (χ0) is 19.8. The van der Waals surface area contributed by atoms with Crippen molar-refractivity contribution in [1.29, 1.82) is 0 Å². The van der Waals surface area contributed by atoms with Gasteiger partial charge in [0.2, 0.25) is 5.91 Å². The number of hydrogen-bond donors (Lipinski definition) is 1. The summed E-state index contributed by atoms with van der Waals surface area (Å²) in [6, 6.07) is 10.1. The molecule has 5 rings (SSSR count). The molecule has 2 unspecified atom stereocenters. The fraction of sp³-hybridized carbons (Fsp3) is 0.500. The molecule has 1 saturated carbocycles. The lowest BCUT2D eigenvalue weighted by atomic mass is 9.98. The number of rotatable bonds is 6. The van der Waals surface area contributed by atoms with Crippen LogP contribution in [-0.4, -0.2) is 45.2 Å². The second-order valence-corrected chi connectivity index (χ2v) is 8.38. The highest BCUT2D eigenvalue weighted by Gasteiger charge is 2.31. The lowest BCUT2D eigenvalue weighted by Crippen LogP contribution is -2.40. The summed E-state index contributed by atoms with van der Waals surface area (Å²) in [7, 11) is 0. The van der Waals surface area contributed by atoms with Crippen LogP contribution in [0.3, 0.4) is 0 Å². The van der Waals surface area contributed by atoms with E-state index in [0.717, 1.165) is 48.7 Å². The van der Waals surface area contributed by atoms with Gasteiger partial charge in [-0.15, -0.1) is 0 Å². The maximum absolute atomic E-state index is 12.7. The Morgan fingerprint density at radius 3 is 2.97 bits per heavy atom. The van der Waals surface area contributed by atoms with Crippen molar-refractivity contribution >= 4 is 22.8 Å². The second kappa shape index (κ2) is 7.63. The molecule has 1 saturated heterocycles. The number of aromatic nitrogens is 3. The van der Waals surface area contributed by atoms with E-state index >= 15 is 0 Å². The number of nitrogens with one attached hydrogen (secondary N) is 1. The number of amides is 1. The van der Waals surface area contributed by atoms with Crippen LogP contribution in [0, 0.1) is 5.92 Å². The van der Waals surface area contributed by atoms with E-state index in [1.165, 1.54) is 12.8 Å². The van der Waals surface area contributed by atoms with Crippen molar-refractivity contribution < 1.29 is 9.21 Å². The molecule has 1 amide bonds. The van der Waals surface area contributed by atoms with E-state index in [1.807, 2.05) is 35.0 Å². The first-order chi connectivity index (χ1) is 14.2. The van der Waals surface area contributed by atoms with Crippen molar-refractivity contribution in [1.82, 2.24) is 19.7 Å². The predicted molar refractivity (Wildman–Crippen MR) is 111 cm³/mol. The van der Waals surface area contributed by atoms with Crippen LogP contribution in [0.5, 0.6) is 0 Å². The van der Waals surface area contributed by atoms with Gasteiger partial charge >= 0.3 is 0 Å². The molecule has 152 valence electrons. The van der Waals surface area contributed by atoms with Crippen LogP contribution < -0.4 is 5.32 Å². The third-order valence-corrected chi connectivity index (χ3v) is 6.16. The van der Waals surface area contributed by atoms with Crippen molar-refractivity contribution in [2.24, 2.45) is 5.92 Å². The second-order valence-electron chi connectivity index (χ2n) is 8.38. The van der Waals surface area contributed by atoms with Gasteiger partial charge in [-0.25, -0.2) is 9.67 Å². The van der Waals surface area contributed by atoms with Crippen molar-refractivity contribution in [3.8, 4) is 0 Å². The molecule has 1 N–H and O–H groups in total. The number of piperidine rings is 1. The predicted octanol–water partition coefficient (Wildman–Crippen LogP) is 3.81.